The third-order valence-electron chi connectivity index (χ3n) is 4.96. The molecule has 0 atom stereocenters. The van der Waals surface area contributed by atoms with Gasteiger partial charge in [-0.05, 0) is 37.3 Å². The number of hydrogen-bond donors (Lipinski definition) is 1. The number of nitrogens with one attached hydrogen (secondary N) is 1. The summed E-state index contributed by atoms with van der Waals surface area (Å²) in [6, 6.07) is 11.4. The van der Waals surface area contributed by atoms with Gasteiger partial charge in [-0.2, -0.15) is 5.10 Å². The summed E-state index contributed by atoms with van der Waals surface area (Å²) >= 11 is 0. The number of nitrogens with zero attached hydrogens (tertiary/aromatic N) is 3. The van der Waals surface area contributed by atoms with E-state index in [2.05, 4.69) is 10.4 Å². The third kappa shape index (κ3) is 4.31. The van der Waals surface area contributed by atoms with Gasteiger partial charge in [0.1, 0.15) is 17.3 Å². The molecule has 0 bridgehead atoms. The predicted molar refractivity (Wildman–Crippen MR) is 112 cm³/mol. The number of anilines is 2. The summed E-state index contributed by atoms with van der Waals surface area (Å²) in [5.74, 6) is -1.86. The van der Waals surface area contributed by atoms with E-state index >= 15 is 0 Å². The van der Waals surface area contributed by atoms with E-state index in [1.807, 2.05) is 4.90 Å². The van der Waals surface area contributed by atoms with Crippen molar-refractivity contribution < 1.29 is 18.3 Å². The fourth-order valence-corrected chi connectivity index (χ4v) is 3.41. The van der Waals surface area contributed by atoms with Gasteiger partial charge in [-0.15, -0.1) is 0 Å². The van der Waals surface area contributed by atoms with Crippen molar-refractivity contribution in [3.63, 3.8) is 0 Å². The van der Waals surface area contributed by atoms with Gasteiger partial charge in [0, 0.05) is 30.5 Å². The average molecular weight is 426 g/mol. The van der Waals surface area contributed by atoms with Gasteiger partial charge in [0.05, 0.1) is 18.9 Å². The monoisotopic (exact) mass is 426 g/mol. The maximum Gasteiger partial charge on any atom is 0.280 e. The fraction of sp³-hybridized carbons (Fsp3) is 0.227. The van der Waals surface area contributed by atoms with Crippen LogP contribution >= 0.6 is 0 Å². The molecule has 1 amide bonds. The average Bonchev–Trinajstić information content (AvgIpc) is 2.75. The van der Waals surface area contributed by atoms with Crippen LogP contribution in [0.4, 0.5) is 20.2 Å². The highest BCUT2D eigenvalue weighted by Gasteiger charge is 2.19. The second-order valence-electron chi connectivity index (χ2n) is 7.08. The van der Waals surface area contributed by atoms with Gasteiger partial charge < -0.3 is 15.0 Å². The number of carbonyl (C=O) groups is 1. The van der Waals surface area contributed by atoms with E-state index in [4.69, 9.17) is 4.74 Å². The molecule has 0 unspecified atom stereocenters. The lowest BCUT2D eigenvalue weighted by molar-refractivity contribution is 0.101. The highest BCUT2D eigenvalue weighted by atomic mass is 19.1. The first kappa shape index (κ1) is 20.7. The first-order valence-electron chi connectivity index (χ1n) is 9.73. The number of rotatable bonds is 4. The Morgan fingerprint density at radius 3 is 2.48 bits per heavy atom. The Bertz CT molecular complexity index is 1190. The Morgan fingerprint density at radius 1 is 1.03 bits per heavy atom. The Balaban J connectivity index is 1.60. The molecular weight excluding hydrogens is 406 g/mol. The molecule has 1 aliphatic rings. The van der Waals surface area contributed by atoms with Crippen LogP contribution in [-0.4, -0.2) is 42.0 Å². The molecule has 1 aliphatic heterocycles. The molecule has 9 heteroatoms. The van der Waals surface area contributed by atoms with Crippen molar-refractivity contribution in [2.75, 3.05) is 36.5 Å². The summed E-state index contributed by atoms with van der Waals surface area (Å²) in [4.78, 5) is 26.9. The van der Waals surface area contributed by atoms with E-state index in [-0.39, 0.29) is 11.4 Å². The molecule has 7 nitrogen and oxygen atoms in total. The van der Waals surface area contributed by atoms with Gasteiger partial charge in [0.25, 0.3) is 5.91 Å². The van der Waals surface area contributed by atoms with Crippen LogP contribution in [0.2, 0.25) is 0 Å². The van der Waals surface area contributed by atoms with Crippen LogP contribution in [0.1, 0.15) is 16.2 Å². The van der Waals surface area contributed by atoms with Crippen LogP contribution < -0.4 is 15.6 Å². The smallest absolute Gasteiger partial charge is 0.280 e. The normalized spacial score (nSPS) is 13.8. The second kappa shape index (κ2) is 8.65. The number of carbonyl (C=O) groups excluding carboxylic acids is 1. The lowest BCUT2D eigenvalue weighted by atomic mass is 10.2. The fourth-order valence-electron chi connectivity index (χ4n) is 3.41. The van der Waals surface area contributed by atoms with E-state index in [1.54, 1.807) is 25.1 Å². The van der Waals surface area contributed by atoms with Gasteiger partial charge >= 0.3 is 0 Å². The topological polar surface area (TPSA) is 76.5 Å². The minimum atomic E-state index is -0.811. The summed E-state index contributed by atoms with van der Waals surface area (Å²) in [5.41, 5.74) is 0.0254. The van der Waals surface area contributed by atoms with Crippen LogP contribution in [0.15, 0.2) is 53.3 Å². The summed E-state index contributed by atoms with van der Waals surface area (Å²) in [5, 5.41) is 6.54. The number of hydrogen-bond acceptors (Lipinski definition) is 5. The minimum Gasteiger partial charge on any atom is -0.378 e. The summed E-state index contributed by atoms with van der Waals surface area (Å²) in [7, 11) is 0. The van der Waals surface area contributed by atoms with Crippen LogP contribution in [0.25, 0.3) is 5.69 Å². The van der Waals surface area contributed by atoms with E-state index in [9.17, 15) is 18.4 Å². The zero-order valence-corrected chi connectivity index (χ0v) is 16.8. The van der Waals surface area contributed by atoms with Crippen molar-refractivity contribution in [1.29, 1.82) is 0 Å². The van der Waals surface area contributed by atoms with Crippen LogP contribution in [0.3, 0.4) is 0 Å². The Morgan fingerprint density at radius 2 is 1.77 bits per heavy atom. The molecule has 160 valence electrons. The van der Waals surface area contributed by atoms with Crippen molar-refractivity contribution in [1.82, 2.24) is 9.78 Å². The summed E-state index contributed by atoms with van der Waals surface area (Å²) in [6.45, 7) is 3.77. The van der Waals surface area contributed by atoms with Crippen LogP contribution in [0, 0.1) is 18.6 Å². The van der Waals surface area contributed by atoms with E-state index in [1.165, 1.54) is 35.0 Å². The number of morpholine rings is 1. The lowest BCUT2D eigenvalue weighted by Gasteiger charge is -2.29. The summed E-state index contributed by atoms with van der Waals surface area (Å²) in [6.07, 6.45) is 0. The third-order valence-corrected chi connectivity index (χ3v) is 4.96. The molecule has 0 aliphatic carbocycles. The van der Waals surface area contributed by atoms with Gasteiger partial charge in [0.2, 0.25) is 5.43 Å². The molecule has 1 fully saturated rings. The maximum atomic E-state index is 14.6. The molecule has 2 aromatic carbocycles. The highest BCUT2D eigenvalue weighted by Crippen LogP contribution is 2.24. The molecule has 1 aromatic heterocycles. The number of ether oxygens (including phenoxy) is 1. The quantitative estimate of drug-likeness (QED) is 0.694. The van der Waals surface area contributed by atoms with Gasteiger partial charge in [-0.25, -0.2) is 13.5 Å². The molecular formula is C22H20F2N4O3. The number of aryl methyl sites for hydroxylation is 1. The molecule has 4 rings (SSSR count). The number of benzene rings is 2. The molecule has 1 saturated heterocycles. The van der Waals surface area contributed by atoms with E-state index in [0.717, 1.165) is 0 Å². The van der Waals surface area contributed by atoms with Crippen molar-refractivity contribution in [2.24, 2.45) is 0 Å². The largest absolute Gasteiger partial charge is 0.378 e. The minimum absolute atomic E-state index is 0.106. The number of amides is 1. The zero-order chi connectivity index (χ0) is 22.0. The molecule has 0 spiro atoms. The van der Waals surface area contributed by atoms with Crippen LogP contribution in [0.5, 0.6) is 0 Å². The van der Waals surface area contributed by atoms with Gasteiger partial charge in [-0.3, -0.25) is 9.59 Å². The molecule has 3 aromatic rings. The SMILES string of the molecule is Cc1cc(=O)c(C(=O)Nc2ccc(N3CCOCC3)c(F)c2)nn1-c1ccccc1F. The first-order chi connectivity index (χ1) is 14.9. The molecule has 31 heavy (non-hydrogen) atoms. The highest BCUT2D eigenvalue weighted by molar-refractivity contribution is 6.02. The Kier molecular flexibility index (Phi) is 5.77. The number of para-hydroxylation sites is 1. The number of halogens is 2. The molecule has 1 N–H and O–H groups in total. The van der Waals surface area contributed by atoms with E-state index in [0.29, 0.717) is 37.7 Å². The maximum absolute atomic E-state index is 14.6. The standard InChI is InChI=1S/C22H20F2N4O3/c1-14-12-20(29)21(26-28(14)19-5-3-2-4-16(19)23)22(30)25-15-6-7-18(17(24)13-15)27-8-10-31-11-9-27/h2-7,12-13H,8-11H2,1H3,(H,25,30). The summed E-state index contributed by atoms with van der Waals surface area (Å²) < 4.78 is 35.2. The number of aromatic nitrogens is 2. The van der Waals surface area contributed by atoms with Gasteiger partial charge in [-0.1, -0.05) is 12.1 Å². The van der Waals surface area contributed by atoms with Crippen molar-refractivity contribution >= 4 is 17.3 Å². The van der Waals surface area contributed by atoms with Crippen molar-refractivity contribution in [2.45, 2.75) is 6.92 Å². The van der Waals surface area contributed by atoms with E-state index < -0.39 is 28.7 Å². The molecule has 0 saturated carbocycles. The van der Waals surface area contributed by atoms with Crippen LogP contribution in [-0.2, 0) is 4.74 Å². The first-order valence-corrected chi connectivity index (χ1v) is 9.73. The lowest BCUT2D eigenvalue weighted by Crippen LogP contribution is -2.36. The molecule has 0 radical (unpaired) electrons. The Labute approximate surface area is 176 Å². The second-order valence-corrected chi connectivity index (χ2v) is 7.08. The zero-order valence-electron chi connectivity index (χ0n) is 16.8. The molecule has 2 heterocycles. The predicted octanol–water partition coefficient (Wildman–Crippen LogP) is 2.91. The van der Waals surface area contributed by atoms with Crippen molar-refractivity contribution in [3.8, 4) is 5.69 Å². The Hall–Kier alpha value is -3.59. The van der Waals surface area contributed by atoms with Gasteiger partial charge in [0.15, 0.2) is 5.69 Å². The van der Waals surface area contributed by atoms with Crippen molar-refractivity contribution in [3.05, 3.63) is 81.8 Å².